The van der Waals surface area contributed by atoms with Crippen LogP contribution < -0.4 is 5.43 Å². The maximum atomic E-state index is 12.4. The van der Waals surface area contributed by atoms with Gasteiger partial charge in [-0.05, 0) is 17.7 Å². The van der Waals surface area contributed by atoms with E-state index in [0.29, 0.717) is 11.4 Å². The quantitative estimate of drug-likeness (QED) is 0.459. The highest BCUT2D eigenvalue weighted by atomic mass is 32.1. The van der Waals surface area contributed by atoms with Gasteiger partial charge in [0.1, 0.15) is 5.69 Å². The second-order valence-electron chi connectivity index (χ2n) is 5.37. The normalized spacial score (nSPS) is 11.5. The Balaban J connectivity index is 1.60. The first kappa shape index (κ1) is 14.6. The Labute approximate surface area is 142 Å². The molecule has 24 heavy (non-hydrogen) atoms. The zero-order valence-electron chi connectivity index (χ0n) is 12.9. The van der Waals surface area contributed by atoms with Gasteiger partial charge in [0.25, 0.3) is 5.91 Å². The number of hydrogen-bond donors (Lipinski definition) is 1. The van der Waals surface area contributed by atoms with Gasteiger partial charge < -0.3 is 0 Å². The Morgan fingerprint density at radius 2 is 2.08 bits per heavy atom. The van der Waals surface area contributed by atoms with Crippen LogP contribution in [-0.2, 0) is 0 Å². The summed E-state index contributed by atoms with van der Waals surface area (Å²) in [6.45, 7) is 1.82. The van der Waals surface area contributed by atoms with Crippen LogP contribution in [-0.4, -0.2) is 21.5 Å². The molecule has 0 fully saturated rings. The predicted molar refractivity (Wildman–Crippen MR) is 96.8 cm³/mol. The molecular weight excluding hydrogens is 320 g/mol. The lowest BCUT2D eigenvalue weighted by molar-refractivity contribution is 0.0948. The third-order valence-electron chi connectivity index (χ3n) is 3.84. The number of fused-ring (bicyclic) bond motifs is 2. The molecule has 0 unspecified atom stereocenters. The standard InChI is InChI=1S/C18H14N4OS/c1-12-16(22-9-10-24-18(22)20-12)17(23)21-19-11-14-7-4-6-13-5-2-3-8-15(13)14/h2-11H,1H3,(H,21,23)/b19-11-. The van der Waals surface area contributed by atoms with Crippen molar-refractivity contribution < 1.29 is 4.79 Å². The number of rotatable bonds is 3. The van der Waals surface area contributed by atoms with Gasteiger partial charge in [-0.25, -0.2) is 10.4 Å². The Bertz CT molecular complexity index is 1070. The van der Waals surface area contributed by atoms with Gasteiger partial charge in [0.15, 0.2) is 4.96 Å². The Hall–Kier alpha value is -2.99. The van der Waals surface area contributed by atoms with E-state index in [0.717, 1.165) is 21.3 Å². The molecule has 1 amide bonds. The molecule has 6 heteroatoms. The van der Waals surface area contributed by atoms with Crippen molar-refractivity contribution in [1.29, 1.82) is 0 Å². The zero-order valence-corrected chi connectivity index (χ0v) is 13.7. The number of aryl methyl sites for hydroxylation is 1. The molecule has 0 aliphatic carbocycles. The van der Waals surface area contributed by atoms with E-state index in [4.69, 9.17) is 0 Å². The molecular formula is C18H14N4OS. The minimum absolute atomic E-state index is 0.269. The number of nitrogens with zero attached hydrogens (tertiary/aromatic N) is 3. The number of benzene rings is 2. The van der Waals surface area contributed by atoms with Gasteiger partial charge in [0, 0.05) is 17.1 Å². The molecule has 2 heterocycles. The van der Waals surface area contributed by atoms with Crippen molar-refractivity contribution >= 4 is 39.2 Å². The number of aromatic nitrogens is 2. The van der Waals surface area contributed by atoms with Gasteiger partial charge in [-0.15, -0.1) is 11.3 Å². The molecule has 0 radical (unpaired) electrons. The monoisotopic (exact) mass is 334 g/mol. The van der Waals surface area contributed by atoms with Gasteiger partial charge in [-0.2, -0.15) is 5.10 Å². The summed E-state index contributed by atoms with van der Waals surface area (Å²) in [6, 6.07) is 14.1. The smallest absolute Gasteiger partial charge is 0.286 e. The molecule has 1 N–H and O–H groups in total. The average Bonchev–Trinajstić information content (AvgIpc) is 3.14. The van der Waals surface area contributed by atoms with E-state index in [-0.39, 0.29) is 5.91 Å². The summed E-state index contributed by atoms with van der Waals surface area (Å²) in [5.41, 5.74) is 4.76. The average molecular weight is 334 g/mol. The molecule has 0 spiro atoms. The Morgan fingerprint density at radius 3 is 3.00 bits per heavy atom. The molecule has 0 aliphatic rings. The van der Waals surface area contributed by atoms with Crippen molar-refractivity contribution in [3.63, 3.8) is 0 Å². The fraction of sp³-hybridized carbons (Fsp3) is 0.0556. The molecule has 4 rings (SSSR count). The minimum Gasteiger partial charge on any atom is -0.286 e. The van der Waals surface area contributed by atoms with Crippen molar-refractivity contribution in [2.75, 3.05) is 0 Å². The molecule has 0 bridgehead atoms. The van der Waals surface area contributed by atoms with E-state index >= 15 is 0 Å². The van der Waals surface area contributed by atoms with Crippen molar-refractivity contribution in [2.24, 2.45) is 5.10 Å². The van der Waals surface area contributed by atoms with Crippen LogP contribution in [0.25, 0.3) is 15.7 Å². The largest absolute Gasteiger partial charge is 0.290 e. The summed E-state index contributed by atoms with van der Waals surface area (Å²) in [6.07, 6.45) is 3.50. The summed E-state index contributed by atoms with van der Waals surface area (Å²) >= 11 is 1.50. The SMILES string of the molecule is Cc1nc2sccn2c1C(=O)N/N=C\c1cccc2ccccc12. The van der Waals surface area contributed by atoms with Crippen molar-refractivity contribution in [2.45, 2.75) is 6.92 Å². The highest BCUT2D eigenvalue weighted by Crippen LogP contribution is 2.18. The van der Waals surface area contributed by atoms with Gasteiger partial charge in [-0.3, -0.25) is 9.20 Å². The number of hydrazone groups is 1. The molecule has 2 aromatic carbocycles. The summed E-state index contributed by atoms with van der Waals surface area (Å²) in [7, 11) is 0. The van der Waals surface area contributed by atoms with Crippen LogP contribution in [0.1, 0.15) is 21.7 Å². The van der Waals surface area contributed by atoms with Gasteiger partial charge in [0.05, 0.1) is 11.9 Å². The van der Waals surface area contributed by atoms with E-state index in [1.165, 1.54) is 11.3 Å². The molecule has 2 aromatic heterocycles. The Kier molecular flexibility index (Phi) is 3.59. The maximum absolute atomic E-state index is 12.4. The van der Waals surface area contributed by atoms with Crippen molar-refractivity contribution in [1.82, 2.24) is 14.8 Å². The van der Waals surface area contributed by atoms with E-state index in [1.54, 1.807) is 10.6 Å². The zero-order chi connectivity index (χ0) is 16.5. The fourth-order valence-electron chi connectivity index (χ4n) is 2.74. The van der Waals surface area contributed by atoms with Crippen LogP contribution in [0.5, 0.6) is 0 Å². The van der Waals surface area contributed by atoms with Crippen LogP contribution in [0, 0.1) is 6.92 Å². The van der Waals surface area contributed by atoms with E-state index in [2.05, 4.69) is 15.5 Å². The maximum Gasteiger partial charge on any atom is 0.290 e. The number of thiazole rings is 1. The van der Waals surface area contributed by atoms with Crippen molar-refractivity contribution in [3.05, 3.63) is 71.0 Å². The van der Waals surface area contributed by atoms with E-state index in [9.17, 15) is 4.79 Å². The fourth-order valence-corrected chi connectivity index (χ4v) is 3.50. The number of amides is 1. The van der Waals surface area contributed by atoms with E-state index in [1.807, 2.05) is 61.0 Å². The summed E-state index contributed by atoms with van der Waals surface area (Å²) in [5, 5.41) is 8.25. The predicted octanol–water partition coefficient (Wildman–Crippen LogP) is 3.62. The number of nitrogens with one attached hydrogen (secondary N) is 1. The molecule has 5 nitrogen and oxygen atoms in total. The first-order valence-corrected chi connectivity index (χ1v) is 8.35. The molecule has 118 valence electrons. The highest BCUT2D eigenvalue weighted by molar-refractivity contribution is 7.15. The minimum atomic E-state index is -0.269. The van der Waals surface area contributed by atoms with Crippen LogP contribution >= 0.6 is 11.3 Å². The second kappa shape index (κ2) is 5.90. The summed E-state index contributed by atoms with van der Waals surface area (Å²) in [4.78, 5) is 17.6. The van der Waals surface area contributed by atoms with Gasteiger partial charge in [-0.1, -0.05) is 42.5 Å². The van der Waals surface area contributed by atoms with Crippen molar-refractivity contribution in [3.8, 4) is 0 Å². The molecule has 0 aliphatic heterocycles. The van der Waals surface area contributed by atoms with Crippen LogP contribution in [0.15, 0.2) is 59.1 Å². The van der Waals surface area contributed by atoms with Gasteiger partial charge in [0.2, 0.25) is 0 Å². The van der Waals surface area contributed by atoms with Crippen LogP contribution in [0.4, 0.5) is 0 Å². The number of imidazole rings is 1. The third kappa shape index (κ3) is 2.47. The second-order valence-corrected chi connectivity index (χ2v) is 6.24. The van der Waals surface area contributed by atoms with Gasteiger partial charge >= 0.3 is 0 Å². The first-order chi connectivity index (χ1) is 11.7. The van der Waals surface area contributed by atoms with Crippen LogP contribution in [0.3, 0.4) is 0 Å². The summed E-state index contributed by atoms with van der Waals surface area (Å²) < 4.78 is 1.78. The lowest BCUT2D eigenvalue weighted by Gasteiger charge is -2.02. The lowest BCUT2D eigenvalue weighted by Crippen LogP contribution is -2.20. The van der Waals surface area contributed by atoms with Crippen LogP contribution in [0.2, 0.25) is 0 Å². The first-order valence-electron chi connectivity index (χ1n) is 7.47. The number of carbonyl (C=O) groups excluding carboxylic acids is 1. The third-order valence-corrected chi connectivity index (χ3v) is 4.60. The lowest BCUT2D eigenvalue weighted by atomic mass is 10.1. The summed E-state index contributed by atoms with van der Waals surface area (Å²) in [5.74, 6) is -0.269. The number of carbonyl (C=O) groups is 1. The molecule has 0 saturated heterocycles. The van der Waals surface area contributed by atoms with E-state index < -0.39 is 0 Å². The topological polar surface area (TPSA) is 58.8 Å². The highest BCUT2D eigenvalue weighted by Gasteiger charge is 2.16. The molecule has 0 saturated carbocycles. The molecule has 4 aromatic rings. The molecule has 0 atom stereocenters. The Morgan fingerprint density at radius 1 is 1.25 bits per heavy atom. The number of hydrogen-bond acceptors (Lipinski definition) is 4.